The number of hydrogen-bond acceptors (Lipinski definition) is 3. The van der Waals surface area contributed by atoms with Crippen LogP contribution in [0.3, 0.4) is 0 Å². The highest BCUT2D eigenvalue weighted by atomic mass is 32.2. The molecule has 2 rings (SSSR count). The molecule has 0 heterocycles. The molecule has 4 heteroatoms. The summed E-state index contributed by atoms with van der Waals surface area (Å²) in [4.78, 5) is 13.5. The molecule has 0 aliphatic heterocycles. The SMILES string of the molecule is CCCC(CCC(=O)O)(Sc1ccccc1)Sc1ccccc1. The van der Waals surface area contributed by atoms with Crippen molar-refractivity contribution in [3.8, 4) is 0 Å². The predicted molar refractivity (Wildman–Crippen MR) is 99.1 cm³/mol. The van der Waals surface area contributed by atoms with E-state index in [1.165, 1.54) is 9.79 Å². The van der Waals surface area contributed by atoms with E-state index in [0.29, 0.717) is 6.42 Å². The number of hydrogen-bond donors (Lipinski definition) is 1. The number of carboxylic acids is 1. The third kappa shape index (κ3) is 5.96. The minimum atomic E-state index is -0.729. The third-order valence-electron chi connectivity index (χ3n) is 3.44. The Labute approximate surface area is 146 Å². The van der Waals surface area contributed by atoms with Crippen molar-refractivity contribution in [2.75, 3.05) is 0 Å². The summed E-state index contributed by atoms with van der Waals surface area (Å²) in [5.41, 5.74) is 0. The van der Waals surface area contributed by atoms with E-state index in [4.69, 9.17) is 5.11 Å². The second-order valence-electron chi connectivity index (χ2n) is 5.38. The molecular formula is C19H22O2S2. The van der Waals surface area contributed by atoms with Crippen LogP contribution in [-0.2, 0) is 4.79 Å². The lowest BCUT2D eigenvalue weighted by Crippen LogP contribution is -2.21. The van der Waals surface area contributed by atoms with Gasteiger partial charge in [-0.15, -0.1) is 23.5 Å². The number of rotatable bonds is 9. The molecular weight excluding hydrogens is 324 g/mol. The van der Waals surface area contributed by atoms with Crippen LogP contribution >= 0.6 is 23.5 Å². The second-order valence-corrected chi connectivity index (χ2v) is 8.56. The fourth-order valence-electron chi connectivity index (χ4n) is 2.43. The number of aliphatic carboxylic acids is 1. The number of thioether (sulfide) groups is 2. The van der Waals surface area contributed by atoms with Gasteiger partial charge in [0.05, 0.1) is 4.08 Å². The van der Waals surface area contributed by atoms with Crippen LogP contribution in [0, 0.1) is 0 Å². The van der Waals surface area contributed by atoms with Crippen LogP contribution in [-0.4, -0.2) is 15.2 Å². The van der Waals surface area contributed by atoms with Crippen LogP contribution in [0.5, 0.6) is 0 Å². The zero-order valence-corrected chi connectivity index (χ0v) is 14.9. The highest BCUT2D eigenvalue weighted by molar-refractivity contribution is 8.18. The summed E-state index contributed by atoms with van der Waals surface area (Å²) in [6, 6.07) is 20.5. The van der Waals surface area contributed by atoms with Gasteiger partial charge >= 0.3 is 5.97 Å². The zero-order valence-electron chi connectivity index (χ0n) is 13.3. The molecule has 23 heavy (non-hydrogen) atoms. The normalized spacial score (nSPS) is 11.3. The van der Waals surface area contributed by atoms with Crippen molar-refractivity contribution in [2.45, 2.75) is 46.5 Å². The van der Waals surface area contributed by atoms with Crippen LogP contribution in [0.1, 0.15) is 32.6 Å². The Kier molecular flexibility index (Phi) is 7.06. The number of carboxylic acid groups (broad SMARTS) is 1. The number of benzene rings is 2. The van der Waals surface area contributed by atoms with E-state index in [0.717, 1.165) is 12.8 Å². The first-order valence-electron chi connectivity index (χ1n) is 7.83. The van der Waals surface area contributed by atoms with Crippen molar-refractivity contribution in [3.05, 3.63) is 60.7 Å². The largest absolute Gasteiger partial charge is 0.481 e. The van der Waals surface area contributed by atoms with Gasteiger partial charge in [0.2, 0.25) is 0 Å². The molecule has 0 radical (unpaired) electrons. The molecule has 0 atom stereocenters. The first kappa shape index (κ1) is 18.0. The van der Waals surface area contributed by atoms with Crippen molar-refractivity contribution in [1.29, 1.82) is 0 Å². The molecule has 122 valence electrons. The summed E-state index contributed by atoms with van der Waals surface area (Å²) in [5.74, 6) is -0.729. The molecule has 0 fully saturated rings. The lowest BCUT2D eigenvalue weighted by Gasteiger charge is -2.32. The Morgan fingerprint density at radius 1 is 0.913 bits per heavy atom. The van der Waals surface area contributed by atoms with Crippen LogP contribution in [0.25, 0.3) is 0 Å². The summed E-state index contributed by atoms with van der Waals surface area (Å²) in [6.07, 6.45) is 2.84. The minimum absolute atomic E-state index is 0.157. The maximum atomic E-state index is 11.1. The van der Waals surface area contributed by atoms with Crippen LogP contribution < -0.4 is 0 Å². The molecule has 0 aromatic heterocycles. The van der Waals surface area contributed by atoms with Crippen LogP contribution in [0.15, 0.2) is 70.5 Å². The highest BCUT2D eigenvalue weighted by Crippen LogP contribution is 2.51. The van der Waals surface area contributed by atoms with Gasteiger partial charge in [0.15, 0.2) is 0 Å². The topological polar surface area (TPSA) is 37.3 Å². The van der Waals surface area contributed by atoms with Gasteiger partial charge in [-0.05, 0) is 37.1 Å². The zero-order chi connectivity index (χ0) is 16.5. The maximum absolute atomic E-state index is 11.1. The van der Waals surface area contributed by atoms with Crippen LogP contribution in [0.2, 0.25) is 0 Å². The summed E-state index contributed by atoms with van der Waals surface area (Å²) in [6.45, 7) is 2.16. The van der Waals surface area contributed by atoms with Gasteiger partial charge in [-0.2, -0.15) is 0 Å². The quantitative estimate of drug-likeness (QED) is 0.451. The lowest BCUT2D eigenvalue weighted by atomic mass is 10.1. The Bertz CT molecular complexity index is 558. The summed E-state index contributed by atoms with van der Waals surface area (Å²) < 4.78 is -0.157. The molecule has 0 amide bonds. The summed E-state index contributed by atoms with van der Waals surface area (Å²) in [5, 5.41) is 9.16. The van der Waals surface area contributed by atoms with Gasteiger partial charge in [-0.1, -0.05) is 49.7 Å². The first-order valence-corrected chi connectivity index (χ1v) is 9.47. The maximum Gasteiger partial charge on any atom is 0.303 e. The molecule has 0 saturated carbocycles. The molecule has 2 nitrogen and oxygen atoms in total. The molecule has 0 unspecified atom stereocenters. The van der Waals surface area contributed by atoms with E-state index in [1.807, 2.05) is 36.4 Å². The fourth-order valence-corrected chi connectivity index (χ4v) is 5.65. The highest BCUT2D eigenvalue weighted by Gasteiger charge is 2.32. The second kappa shape index (κ2) is 9.04. The molecule has 2 aromatic rings. The predicted octanol–water partition coefficient (Wildman–Crippen LogP) is 5.93. The summed E-state index contributed by atoms with van der Waals surface area (Å²) >= 11 is 3.59. The average Bonchev–Trinajstić information content (AvgIpc) is 2.55. The van der Waals surface area contributed by atoms with E-state index in [9.17, 15) is 4.79 Å². The Hall–Kier alpha value is -1.39. The van der Waals surface area contributed by atoms with Crippen molar-refractivity contribution < 1.29 is 9.90 Å². The molecule has 2 aromatic carbocycles. The van der Waals surface area contributed by atoms with Gasteiger partial charge < -0.3 is 5.11 Å². The lowest BCUT2D eigenvalue weighted by molar-refractivity contribution is -0.137. The Balaban J connectivity index is 2.26. The van der Waals surface area contributed by atoms with Crippen molar-refractivity contribution in [2.24, 2.45) is 0 Å². The molecule has 0 aliphatic carbocycles. The fraction of sp³-hybridized carbons (Fsp3) is 0.316. The van der Waals surface area contributed by atoms with Crippen molar-refractivity contribution in [1.82, 2.24) is 0 Å². The molecule has 1 N–H and O–H groups in total. The van der Waals surface area contributed by atoms with Gasteiger partial charge in [0, 0.05) is 16.2 Å². The number of carbonyl (C=O) groups is 1. The van der Waals surface area contributed by atoms with E-state index in [1.54, 1.807) is 23.5 Å². The third-order valence-corrected chi connectivity index (χ3v) is 6.52. The van der Waals surface area contributed by atoms with Gasteiger partial charge in [-0.25, -0.2) is 0 Å². The molecule has 0 spiro atoms. The van der Waals surface area contributed by atoms with Gasteiger partial charge in [-0.3, -0.25) is 4.79 Å². The van der Waals surface area contributed by atoms with Gasteiger partial charge in [0.1, 0.15) is 0 Å². The minimum Gasteiger partial charge on any atom is -0.481 e. The smallest absolute Gasteiger partial charge is 0.303 e. The van der Waals surface area contributed by atoms with E-state index in [2.05, 4.69) is 31.2 Å². The Morgan fingerprint density at radius 2 is 1.39 bits per heavy atom. The monoisotopic (exact) mass is 346 g/mol. The first-order chi connectivity index (χ1) is 11.1. The van der Waals surface area contributed by atoms with E-state index < -0.39 is 5.97 Å². The van der Waals surface area contributed by atoms with Crippen molar-refractivity contribution in [3.63, 3.8) is 0 Å². The van der Waals surface area contributed by atoms with Crippen LogP contribution in [0.4, 0.5) is 0 Å². The van der Waals surface area contributed by atoms with E-state index >= 15 is 0 Å². The Morgan fingerprint density at radius 3 is 1.78 bits per heavy atom. The molecule has 0 saturated heterocycles. The van der Waals surface area contributed by atoms with Crippen molar-refractivity contribution >= 4 is 29.5 Å². The standard InChI is InChI=1S/C19H22O2S2/c1-2-14-19(15-13-18(20)21,22-16-9-5-3-6-10-16)23-17-11-7-4-8-12-17/h3-12H,2,13-15H2,1H3,(H,20,21). The summed E-state index contributed by atoms with van der Waals surface area (Å²) in [7, 11) is 0. The molecule has 0 bridgehead atoms. The van der Waals surface area contributed by atoms with E-state index in [-0.39, 0.29) is 10.5 Å². The molecule has 0 aliphatic rings. The average molecular weight is 347 g/mol. The van der Waals surface area contributed by atoms with Gasteiger partial charge in [0.25, 0.3) is 0 Å².